The molecule has 2 aromatic heterocycles. The Morgan fingerprint density at radius 2 is 1.91 bits per heavy atom. The number of likely N-dealkylation sites (tertiary alicyclic amines) is 1. The second-order valence-electron chi connectivity index (χ2n) is 8.51. The van der Waals surface area contributed by atoms with Gasteiger partial charge in [-0.2, -0.15) is 5.10 Å². The fraction of sp³-hybridized carbons (Fsp3) is 0.500. The lowest BCUT2D eigenvalue weighted by Crippen LogP contribution is -2.34. The lowest BCUT2D eigenvalue weighted by molar-refractivity contribution is 0.191. The molecule has 9 heteroatoms. The van der Waals surface area contributed by atoms with Gasteiger partial charge in [-0.15, -0.1) is 0 Å². The van der Waals surface area contributed by atoms with Crippen LogP contribution < -0.4 is 19.5 Å². The van der Waals surface area contributed by atoms with E-state index in [0.29, 0.717) is 29.7 Å². The molecule has 0 saturated carbocycles. The highest BCUT2D eigenvalue weighted by molar-refractivity contribution is 7.19. The highest BCUT2D eigenvalue weighted by Gasteiger charge is 2.19. The van der Waals surface area contributed by atoms with Crippen LogP contribution >= 0.6 is 11.3 Å². The monoisotopic (exact) mass is 471 g/mol. The van der Waals surface area contributed by atoms with Crippen LogP contribution in [0.2, 0.25) is 0 Å². The molecule has 0 bridgehead atoms. The van der Waals surface area contributed by atoms with Crippen LogP contribution in [0, 0.1) is 12.8 Å². The average molecular weight is 472 g/mol. The van der Waals surface area contributed by atoms with Gasteiger partial charge in [-0.3, -0.25) is 4.68 Å². The van der Waals surface area contributed by atoms with Crippen molar-refractivity contribution in [1.82, 2.24) is 19.7 Å². The highest BCUT2D eigenvalue weighted by atomic mass is 32.1. The van der Waals surface area contributed by atoms with Gasteiger partial charge >= 0.3 is 0 Å². The van der Waals surface area contributed by atoms with Crippen molar-refractivity contribution in [2.75, 3.05) is 46.8 Å². The van der Waals surface area contributed by atoms with Crippen molar-refractivity contribution >= 4 is 16.5 Å². The van der Waals surface area contributed by atoms with Gasteiger partial charge in [0.15, 0.2) is 16.6 Å². The number of methoxy groups -OCH3 is 3. The Hall–Kier alpha value is -2.78. The molecule has 1 N–H and O–H groups in total. The van der Waals surface area contributed by atoms with Gasteiger partial charge in [-0.25, -0.2) is 4.98 Å². The topological polar surface area (TPSA) is 73.7 Å². The van der Waals surface area contributed by atoms with Crippen molar-refractivity contribution < 1.29 is 14.2 Å². The zero-order valence-corrected chi connectivity index (χ0v) is 20.9. The fourth-order valence-electron chi connectivity index (χ4n) is 4.40. The van der Waals surface area contributed by atoms with Crippen molar-refractivity contribution in [1.29, 1.82) is 0 Å². The number of thiazole rings is 1. The maximum absolute atomic E-state index is 5.46. The Kier molecular flexibility index (Phi) is 7.39. The SMILES string of the molecule is COc1cc(CNc2nc(C)c(-c3ccn(C[C@@H]4CCCN(C)C4)n3)s2)cc(OC)c1OC. The molecule has 33 heavy (non-hydrogen) atoms. The van der Waals surface area contributed by atoms with E-state index in [1.807, 2.05) is 19.1 Å². The van der Waals surface area contributed by atoms with E-state index in [1.165, 1.54) is 19.4 Å². The Morgan fingerprint density at radius 1 is 1.15 bits per heavy atom. The molecule has 1 fully saturated rings. The highest BCUT2D eigenvalue weighted by Crippen LogP contribution is 2.38. The summed E-state index contributed by atoms with van der Waals surface area (Å²) in [5.41, 5.74) is 2.98. The lowest BCUT2D eigenvalue weighted by Gasteiger charge is -2.29. The van der Waals surface area contributed by atoms with E-state index in [4.69, 9.17) is 24.3 Å². The predicted octanol–water partition coefficient (Wildman–Crippen LogP) is 4.29. The molecule has 1 aromatic carbocycles. The number of nitrogens with zero attached hydrogens (tertiary/aromatic N) is 4. The smallest absolute Gasteiger partial charge is 0.203 e. The van der Waals surface area contributed by atoms with Crippen LogP contribution in [-0.4, -0.2) is 61.1 Å². The first-order valence-corrected chi connectivity index (χ1v) is 12.0. The minimum atomic E-state index is 0.589. The van der Waals surface area contributed by atoms with Crippen LogP contribution in [0.5, 0.6) is 17.2 Å². The molecule has 178 valence electrons. The van der Waals surface area contributed by atoms with Crippen LogP contribution in [0.4, 0.5) is 5.13 Å². The average Bonchev–Trinajstić information content (AvgIpc) is 3.42. The van der Waals surface area contributed by atoms with Crippen molar-refractivity contribution in [3.8, 4) is 27.8 Å². The molecule has 1 saturated heterocycles. The van der Waals surface area contributed by atoms with Gasteiger partial charge < -0.3 is 24.4 Å². The second-order valence-corrected chi connectivity index (χ2v) is 9.51. The Labute approximate surface area is 199 Å². The van der Waals surface area contributed by atoms with E-state index in [9.17, 15) is 0 Å². The van der Waals surface area contributed by atoms with Crippen LogP contribution in [-0.2, 0) is 13.1 Å². The third-order valence-corrected chi connectivity index (χ3v) is 7.14. The molecule has 1 aliphatic rings. The number of anilines is 1. The van der Waals surface area contributed by atoms with Gasteiger partial charge in [0.05, 0.1) is 31.9 Å². The number of piperidine rings is 1. The first-order valence-electron chi connectivity index (χ1n) is 11.2. The van der Waals surface area contributed by atoms with E-state index in [2.05, 4.69) is 34.2 Å². The zero-order chi connectivity index (χ0) is 23.4. The largest absolute Gasteiger partial charge is 0.493 e. The number of aromatic nitrogens is 3. The van der Waals surface area contributed by atoms with E-state index in [0.717, 1.165) is 40.0 Å². The lowest BCUT2D eigenvalue weighted by atomic mass is 9.99. The molecular formula is C24H33N5O3S. The number of hydrogen-bond acceptors (Lipinski definition) is 8. The molecule has 8 nitrogen and oxygen atoms in total. The number of benzene rings is 1. The molecule has 0 amide bonds. The Bertz CT molecular complexity index is 1050. The molecular weight excluding hydrogens is 438 g/mol. The van der Waals surface area contributed by atoms with Crippen molar-refractivity contribution in [3.63, 3.8) is 0 Å². The van der Waals surface area contributed by atoms with Gasteiger partial charge in [-0.05, 0) is 63.0 Å². The molecule has 1 atom stereocenters. The van der Waals surface area contributed by atoms with Gasteiger partial charge in [0.25, 0.3) is 0 Å². The molecule has 3 aromatic rings. The maximum Gasteiger partial charge on any atom is 0.203 e. The van der Waals surface area contributed by atoms with Gasteiger partial charge in [0, 0.05) is 25.8 Å². The summed E-state index contributed by atoms with van der Waals surface area (Å²) >= 11 is 1.63. The van der Waals surface area contributed by atoms with Crippen molar-refractivity contribution in [2.24, 2.45) is 5.92 Å². The van der Waals surface area contributed by atoms with Gasteiger partial charge in [-0.1, -0.05) is 11.3 Å². The fourth-order valence-corrected chi connectivity index (χ4v) is 5.32. The minimum Gasteiger partial charge on any atom is -0.493 e. The first-order chi connectivity index (χ1) is 16.0. The Balaban J connectivity index is 1.43. The van der Waals surface area contributed by atoms with Gasteiger partial charge in [0.2, 0.25) is 5.75 Å². The number of rotatable bonds is 9. The molecule has 4 rings (SSSR count). The quantitative estimate of drug-likeness (QED) is 0.499. The summed E-state index contributed by atoms with van der Waals surface area (Å²) in [6, 6.07) is 5.98. The number of nitrogens with one attached hydrogen (secondary N) is 1. The van der Waals surface area contributed by atoms with E-state index in [1.54, 1.807) is 32.7 Å². The van der Waals surface area contributed by atoms with E-state index >= 15 is 0 Å². The Morgan fingerprint density at radius 3 is 2.58 bits per heavy atom. The number of aryl methyl sites for hydroxylation is 1. The summed E-state index contributed by atoms with van der Waals surface area (Å²) in [7, 11) is 7.05. The molecule has 0 aliphatic carbocycles. The molecule has 0 radical (unpaired) electrons. The van der Waals surface area contributed by atoms with Crippen LogP contribution in [0.3, 0.4) is 0 Å². The van der Waals surface area contributed by atoms with Crippen LogP contribution in [0.1, 0.15) is 24.1 Å². The zero-order valence-electron chi connectivity index (χ0n) is 20.1. The van der Waals surface area contributed by atoms with E-state index < -0.39 is 0 Å². The van der Waals surface area contributed by atoms with Crippen molar-refractivity contribution in [2.45, 2.75) is 32.9 Å². The van der Waals surface area contributed by atoms with E-state index in [-0.39, 0.29) is 0 Å². The van der Waals surface area contributed by atoms with Crippen molar-refractivity contribution in [3.05, 3.63) is 35.7 Å². The third-order valence-electron chi connectivity index (χ3n) is 6.01. The number of ether oxygens (including phenoxy) is 3. The van der Waals surface area contributed by atoms with Crippen LogP contribution in [0.15, 0.2) is 24.4 Å². The standard InChI is InChI=1S/C24H33N5O3S/c1-16-23(19-8-10-29(27-19)15-17-7-6-9-28(2)14-17)33-24(26-16)25-13-18-11-20(30-3)22(32-5)21(12-18)31-4/h8,10-12,17H,6-7,9,13-15H2,1-5H3,(H,25,26)/t17-/m1/s1. The third kappa shape index (κ3) is 5.42. The second kappa shape index (κ2) is 10.4. The normalized spacial score (nSPS) is 16.6. The summed E-state index contributed by atoms with van der Waals surface area (Å²) in [6.07, 6.45) is 4.63. The molecule has 0 spiro atoms. The summed E-state index contributed by atoms with van der Waals surface area (Å²) in [5, 5.41) is 9.14. The van der Waals surface area contributed by atoms with Crippen LogP contribution in [0.25, 0.3) is 10.6 Å². The predicted molar refractivity (Wildman–Crippen MR) is 132 cm³/mol. The van der Waals surface area contributed by atoms with Gasteiger partial charge in [0.1, 0.15) is 5.69 Å². The molecule has 0 unspecified atom stereocenters. The molecule has 1 aliphatic heterocycles. The summed E-state index contributed by atoms with van der Waals surface area (Å²) in [5.74, 6) is 2.53. The molecule has 3 heterocycles. The summed E-state index contributed by atoms with van der Waals surface area (Å²) in [4.78, 5) is 8.23. The summed E-state index contributed by atoms with van der Waals surface area (Å²) < 4.78 is 18.4. The first kappa shape index (κ1) is 23.4. The maximum atomic E-state index is 5.46. The number of hydrogen-bond donors (Lipinski definition) is 1. The minimum absolute atomic E-state index is 0.589. The summed E-state index contributed by atoms with van der Waals surface area (Å²) in [6.45, 7) is 5.93.